The first-order chi connectivity index (χ1) is 9.22. The minimum atomic E-state index is -0.308. The maximum absolute atomic E-state index is 11.5. The molecule has 0 amide bonds. The minimum absolute atomic E-state index is 0.308. The number of fused-ring (bicyclic) bond motifs is 4. The van der Waals surface area contributed by atoms with Gasteiger partial charge in [0.2, 0.25) is 0 Å². The molecule has 0 radical (unpaired) electrons. The summed E-state index contributed by atoms with van der Waals surface area (Å²) >= 11 is 0. The van der Waals surface area contributed by atoms with E-state index in [1.54, 1.807) is 6.20 Å². The molecule has 0 spiro atoms. The Hall–Kier alpha value is -2.82. The largest absolute Gasteiger partial charge is 0.385 e. The molecule has 0 saturated carbocycles. The number of rotatable bonds is 0. The molecule has 0 aliphatic carbocycles. The molecule has 4 rings (SSSR count). The standard InChI is InChI=1S/C14H10N4O/c15-13-10-5-7-1-2-11-8(3-4-16-11)9(7)6-12(10)17-14(19)18-13/h1-6H,15H2,(H2,17,18,19). The molecule has 5 heteroatoms. The van der Waals surface area contributed by atoms with Crippen molar-refractivity contribution in [3.05, 3.63) is 47.0 Å². The highest BCUT2D eigenvalue weighted by atomic mass is 16.1. The molecule has 4 aromatic rings. The van der Waals surface area contributed by atoms with E-state index in [1.807, 2.05) is 30.3 Å². The van der Waals surface area contributed by atoms with Gasteiger partial charge in [0.1, 0.15) is 5.82 Å². The first kappa shape index (κ1) is 10.1. The summed E-state index contributed by atoms with van der Waals surface area (Å²) in [6, 6.07) is 9.88. The van der Waals surface area contributed by atoms with Crippen LogP contribution in [0, 0.1) is 0 Å². The zero-order valence-corrected chi connectivity index (χ0v) is 9.90. The second-order valence-electron chi connectivity index (χ2n) is 4.55. The fourth-order valence-electron chi connectivity index (χ4n) is 2.53. The minimum Gasteiger partial charge on any atom is -0.385 e. The number of nitrogens with zero attached hydrogens (tertiary/aromatic N) is 1. The van der Waals surface area contributed by atoms with Crippen LogP contribution in [-0.2, 0) is 0 Å². The van der Waals surface area contributed by atoms with E-state index in [2.05, 4.69) is 15.0 Å². The van der Waals surface area contributed by atoms with E-state index < -0.39 is 0 Å². The van der Waals surface area contributed by atoms with Crippen LogP contribution in [0.15, 0.2) is 41.3 Å². The Labute approximate surface area is 107 Å². The zero-order chi connectivity index (χ0) is 13.0. The Morgan fingerprint density at radius 3 is 2.79 bits per heavy atom. The van der Waals surface area contributed by atoms with Crippen molar-refractivity contribution in [2.24, 2.45) is 0 Å². The average Bonchev–Trinajstić information content (AvgIpc) is 2.85. The number of H-pyrrole nitrogens is 2. The van der Waals surface area contributed by atoms with Crippen LogP contribution in [0.25, 0.3) is 32.6 Å². The Kier molecular flexibility index (Phi) is 1.79. The van der Waals surface area contributed by atoms with Crippen LogP contribution in [0.5, 0.6) is 0 Å². The van der Waals surface area contributed by atoms with Crippen molar-refractivity contribution < 1.29 is 0 Å². The SMILES string of the molecule is Nc1[nH]c(=O)[nH]c2cc3c(ccc4nccc43)cc12. The molecule has 19 heavy (non-hydrogen) atoms. The molecule has 2 aromatic heterocycles. The number of nitrogens with two attached hydrogens (primary N) is 1. The summed E-state index contributed by atoms with van der Waals surface area (Å²) < 4.78 is 0. The Balaban J connectivity index is 2.29. The number of benzene rings is 2. The number of hydrogen-bond donors (Lipinski definition) is 3. The van der Waals surface area contributed by atoms with E-state index in [-0.39, 0.29) is 5.69 Å². The molecule has 5 nitrogen and oxygen atoms in total. The second-order valence-corrected chi connectivity index (χ2v) is 4.55. The summed E-state index contributed by atoms with van der Waals surface area (Å²) in [5.41, 5.74) is 7.22. The van der Waals surface area contributed by atoms with Crippen LogP contribution < -0.4 is 11.4 Å². The summed E-state index contributed by atoms with van der Waals surface area (Å²) in [6.45, 7) is 0. The van der Waals surface area contributed by atoms with Gasteiger partial charge in [0.05, 0.1) is 11.0 Å². The number of aromatic nitrogens is 3. The van der Waals surface area contributed by atoms with Gasteiger partial charge in [-0.05, 0) is 35.0 Å². The van der Waals surface area contributed by atoms with Crippen molar-refractivity contribution >= 4 is 38.4 Å². The van der Waals surface area contributed by atoms with E-state index in [0.717, 1.165) is 32.6 Å². The van der Waals surface area contributed by atoms with Gasteiger partial charge in [-0.15, -0.1) is 0 Å². The van der Waals surface area contributed by atoms with E-state index in [4.69, 9.17) is 5.73 Å². The van der Waals surface area contributed by atoms with Gasteiger partial charge in [-0.1, -0.05) is 6.07 Å². The van der Waals surface area contributed by atoms with E-state index in [1.165, 1.54) is 0 Å². The highest BCUT2D eigenvalue weighted by Crippen LogP contribution is 2.29. The van der Waals surface area contributed by atoms with Gasteiger partial charge < -0.3 is 10.7 Å². The number of hydrogen-bond acceptors (Lipinski definition) is 3. The Morgan fingerprint density at radius 2 is 1.89 bits per heavy atom. The van der Waals surface area contributed by atoms with Gasteiger partial charge in [0, 0.05) is 17.0 Å². The second kappa shape index (κ2) is 3.35. The summed E-state index contributed by atoms with van der Waals surface area (Å²) in [6.07, 6.45) is 1.78. The predicted molar refractivity (Wildman–Crippen MR) is 76.1 cm³/mol. The van der Waals surface area contributed by atoms with Gasteiger partial charge in [0.25, 0.3) is 0 Å². The molecule has 2 aromatic carbocycles. The molecular formula is C14H10N4O. The maximum Gasteiger partial charge on any atom is 0.324 e. The Morgan fingerprint density at radius 1 is 1.00 bits per heavy atom. The van der Waals surface area contributed by atoms with Crippen LogP contribution in [0.4, 0.5) is 5.82 Å². The predicted octanol–water partition coefficient (Wildman–Crippen LogP) is 2.14. The molecule has 4 N–H and O–H groups in total. The molecule has 0 atom stereocenters. The molecule has 0 saturated heterocycles. The van der Waals surface area contributed by atoms with Crippen LogP contribution in [0.2, 0.25) is 0 Å². The Bertz CT molecular complexity index is 997. The van der Waals surface area contributed by atoms with E-state index >= 15 is 0 Å². The monoisotopic (exact) mass is 250 g/mol. The summed E-state index contributed by atoms with van der Waals surface area (Å²) in [5, 5.41) is 4.02. The molecule has 2 heterocycles. The van der Waals surface area contributed by atoms with Gasteiger partial charge in [-0.2, -0.15) is 0 Å². The topological polar surface area (TPSA) is 87.6 Å². The number of aromatic amines is 2. The first-order valence-electron chi connectivity index (χ1n) is 5.91. The molecule has 92 valence electrons. The molecule has 0 fully saturated rings. The van der Waals surface area contributed by atoms with Gasteiger partial charge in [-0.3, -0.25) is 9.97 Å². The first-order valence-corrected chi connectivity index (χ1v) is 5.91. The van der Waals surface area contributed by atoms with Crippen LogP contribution in [-0.4, -0.2) is 15.0 Å². The maximum atomic E-state index is 11.5. The third-order valence-electron chi connectivity index (χ3n) is 3.42. The van der Waals surface area contributed by atoms with Gasteiger partial charge >= 0.3 is 5.69 Å². The van der Waals surface area contributed by atoms with Crippen molar-refractivity contribution in [1.82, 2.24) is 15.0 Å². The fraction of sp³-hybridized carbons (Fsp3) is 0. The third-order valence-corrected chi connectivity index (χ3v) is 3.42. The van der Waals surface area contributed by atoms with Crippen molar-refractivity contribution in [1.29, 1.82) is 0 Å². The van der Waals surface area contributed by atoms with Crippen LogP contribution in [0.1, 0.15) is 0 Å². The molecule has 0 aliphatic rings. The number of nitrogens with one attached hydrogen (secondary N) is 2. The number of anilines is 1. The van der Waals surface area contributed by atoms with Crippen molar-refractivity contribution in [2.75, 3.05) is 5.73 Å². The van der Waals surface area contributed by atoms with Gasteiger partial charge in [0.15, 0.2) is 0 Å². The third kappa shape index (κ3) is 1.35. The van der Waals surface area contributed by atoms with Crippen molar-refractivity contribution in [2.45, 2.75) is 0 Å². The summed E-state index contributed by atoms with van der Waals surface area (Å²) in [4.78, 5) is 21.1. The smallest absolute Gasteiger partial charge is 0.324 e. The van der Waals surface area contributed by atoms with Gasteiger partial charge in [-0.25, -0.2) is 4.79 Å². The van der Waals surface area contributed by atoms with Crippen molar-refractivity contribution in [3.63, 3.8) is 0 Å². The summed E-state index contributed by atoms with van der Waals surface area (Å²) in [5.74, 6) is 0.376. The lowest BCUT2D eigenvalue weighted by molar-refractivity contribution is 1.13. The lowest BCUT2D eigenvalue weighted by Gasteiger charge is -2.05. The quantitative estimate of drug-likeness (QED) is 0.418. The lowest BCUT2D eigenvalue weighted by atomic mass is 10.0. The average molecular weight is 250 g/mol. The van der Waals surface area contributed by atoms with E-state index in [0.29, 0.717) is 5.82 Å². The molecule has 0 aliphatic heterocycles. The van der Waals surface area contributed by atoms with E-state index in [9.17, 15) is 4.79 Å². The van der Waals surface area contributed by atoms with Crippen molar-refractivity contribution in [3.8, 4) is 0 Å². The van der Waals surface area contributed by atoms with Crippen LogP contribution in [0.3, 0.4) is 0 Å². The fourth-order valence-corrected chi connectivity index (χ4v) is 2.53. The zero-order valence-electron chi connectivity index (χ0n) is 9.90. The molecule has 0 bridgehead atoms. The van der Waals surface area contributed by atoms with Crippen LogP contribution >= 0.6 is 0 Å². The summed E-state index contributed by atoms with van der Waals surface area (Å²) in [7, 11) is 0. The highest BCUT2D eigenvalue weighted by molar-refractivity contribution is 6.11. The lowest BCUT2D eigenvalue weighted by Crippen LogP contribution is -2.12. The highest BCUT2D eigenvalue weighted by Gasteiger charge is 2.06. The molecule has 0 unspecified atom stereocenters. The number of nitrogen functional groups attached to an aromatic ring is 1. The molecular weight excluding hydrogens is 240 g/mol. The normalized spacial score (nSPS) is 11.6.